The molecule has 0 aliphatic heterocycles. The summed E-state index contributed by atoms with van der Waals surface area (Å²) < 4.78 is 0. The fraction of sp³-hybridized carbons (Fsp3) is 0.391. The third kappa shape index (κ3) is 6.23. The highest BCUT2D eigenvalue weighted by Gasteiger charge is 2.17. The van der Waals surface area contributed by atoms with Gasteiger partial charge in [0.25, 0.3) is 0 Å². The van der Waals surface area contributed by atoms with Crippen LogP contribution in [-0.4, -0.2) is 12.5 Å². The molecule has 2 N–H and O–H groups in total. The molecule has 2 aromatic carbocycles. The molecule has 0 radical (unpaired) electrons. The molecule has 1 amide bonds. The minimum absolute atomic E-state index is 0.0764. The van der Waals surface area contributed by atoms with E-state index in [0.29, 0.717) is 18.3 Å². The molecule has 0 saturated heterocycles. The van der Waals surface area contributed by atoms with E-state index >= 15 is 0 Å². The van der Waals surface area contributed by atoms with Crippen LogP contribution in [0.3, 0.4) is 0 Å². The van der Waals surface area contributed by atoms with Gasteiger partial charge in [0.2, 0.25) is 5.91 Å². The first-order valence-corrected chi connectivity index (χ1v) is 9.49. The molecular weight excluding hydrogens is 334 g/mol. The van der Waals surface area contributed by atoms with E-state index in [4.69, 9.17) is 5.26 Å². The van der Waals surface area contributed by atoms with E-state index in [1.165, 1.54) is 11.1 Å². The molecule has 0 aliphatic carbocycles. The Bertz CT molecular complexity index is 771. The van der Waals surface area contributed by atoms with E-state index in [0.717, 1.165) is 11.3 Å². The second-order valence-electron chi connectivity index (χ2n) is 7.50. The summed E-state index contributed by atoms with van der Waals surface area (Å²) in [5.41, 5.74) is 4.20. The largest absolute Gasteiger partial charge is 0.325 e. The summed E-state index contributed by atoms with van der Waals surface area (Å²) in [6, 6.07) is 18.3. The summed E-state index contributed by atoms with van der Waals surface area (Å²) in [5, 5.41) is 15.0. The molecule has 0 unspecified atom stereocenters. The molecule has 142 valence electrons. The quantitative estimate of drug-likeness (QED) is 0.708. The van der Waals surface area contributed by atoms with Crippen LogP contribution in [0.4, 0.5) is 5.69 Å². The average molecular weight is 364 g/mol. The van der Waals surface area contributed by atoms with Gasteiger partial charge in [0.1, 0.15) is 0 Å². The second kappa shape index (κ2) is 9.89. The van der Waals surface area contributed by atoms with Crippen LogP contribution >= 0.6 is 0 Å². The molecule has 4 heteroatoms. The number of benzene rings is 2. The third-order valence-electron chi connectivity index (χ3n) is 4.63. The number of nitrogens with zero attached hydrogens (tertiary/aromatic N) is 1. The fourth-order valence-electron chi connectivity index (χ4n) is 3.03. The van der Waals surface area contributed by atoms with Gasteiger partial charge in [0.15, 0.2) is 0 Å². The monoisotopic (exact) mass is 363 g/mol. The van der Waals surface area contributed by atoms with Crippen molar-refractivity contribution >= 4 is 11.6 Å². The Morgan fingerprint density at radius 3 is 2.07 bits per heavy atom. The SMILES string of the molecule is CC(C)c1ccc([C@H](NCC(=O)Nc2ccc(CC#N)cc2)C(C)C)cc1. The minimum Gasteiger partial charge on any atom is -0.325 e. The molecule has 27 heavy (non-hydrogen) atoms. The lowest BCUT2D eigenvalue weighted by molar-refractivity contribution is -0.115. The van der Waals surface area contributed by atoms with Crippen molar-refractivity contribution in [2.75, 3.05) is 11.9 Å². The number of carbonyl (C=O) groups is 1. The molecule has 4 nitrogen and oxygen atoms in total. The molecule has 0 bridgehead atoms. The fourth-order valence-corrected chi connectivity index (χ4v) is 3.03. The summed E-state index contributed by atoms with van der Waals surface area (Å²) in [4.78, 5) is 12.3. The Morgan fingerprint density at radius 2 is 1.56 bits per heavy atom. The van der Waals surface area contributed by atoms with Crippen LogP contribution in [0.15, 0.2) is 48.5 Å². The lowest BCUT2D eigenvalue weighted by Gasteiger charge is -2.23. The second-order valence-corrected chi connectivity index (χ2v) is 7.50. The maximum absolute atomic E-state index is 12.3. The molecule has 0 saturated carbocycles. The van der Waals surface area contributed by atoms with Gasteiger partial charge in [-0.1, -0.05) is 64.1 Å². The van der Waals surface area contributed by atoms with Crippen molar-refractivity contribution in [3.05, 3.63) is 65.2 Å². The van der Waals surface area contributed by atoms with Gasteiger partial charge in [-0.3, -0.25) is 4.79 Å². The van der Waals surface area contributed by atoms with Crippen molar-refractivity contribution in [2.45, 2.75) is 46.1 Å². The highest BCUT2D eigenvalue weighted by atomic mass is 16.1. The molecule has 0 heterocycles. The van der Waals surface area contributed by atoms with Gasteiger partial charge in [-0.15, -0.1) is 0 Å². The zero-order valence-electron chi connectivity index (χ0n) is 16.6. The van der Waals surface area contributed by atoms with E-state index in [9.17, 15) is 4.79 Å². The number of amides is 1. The zero-order chi connectivity index (χ0) is 19.8. The van der Waals surface area contributed by atoms with Crippen LogP contribution < -0.4 is 10.6 Å². The normalized spacial score (nSPS) is 12.0. The average Bonchev–Trinajstić information content (AvgIpc) is 2.64. The third-order valence-corrected chi connectivity index (χ3v) is 4.63. The van der Waals surface area contributed by atoms with Gasteiger partial charge in [-0.25, -0.2) is 0 Å². The first kappa shape index (κ1) is 20.7. The first-order chi connectivity index (χ1) is 12.9. The summed E-state index contributed by atoms with van der Waals surface area (Å²) >= 11 is 0. The molecule has 1 atom stereocenters. The summed E-state index contributed by atoms with van der Waals surface area (Å²) in [5.74, 6) is 0.801. The minimum atomic E-state index is -0.0764. The van der Waals surface area contributed by atoms with E-state index in [1.807, 2.05) is 24.3 Å². The molecular formula is C23H29N3O. The van der Waals surface area contributed by atoms with Crippen LogP contribution in [0.1, 0.15) is 56.3 Å². The van der Waals surface area contributed by atoms with Crippen LogP contribution in [0.2, 0.25) is 0 Å². The van der Waals surface area contributed by atoms with Gasteiger partial charge in [0, 0.05) is 11.7 Å². The van der Waals surface area contributed by atoms with Crippen molar-refractivity contribution < 1.29 is 4.79 Å². The van der Waals surface area contributed by atoms with Gasteiger partial charge < -0.3 is 10.6 Å². The summed E-state index contributed by atoms with van der Waals surface area (Å²) in [7, 11) is 0. The van der Waals surface area contributed by atoms with Crippen LogP contribution in [0, 0.1) is 17.2 Å². The number of anilines is 1. The molecule has 0 aliphatic rings. The number of nitriles is 1. The Balaban J connectivity index is 1.94. The van der Waals surface area contributed by atoms with Crippen LogP contribution in [0.5, 0.6) is 0 Å². The molecule has 0 spiro atoms. The van der Waals surface area contributed by atoms with Crippen LogP contribution in [0.25, 0.3) is 0 Å². The van der Waals surface area contributed by atoms with Gasteiger partial charge in [-0.05, 0) is 40.7 Å². The molecule has 0 aromatic heterocycles. The van der Waals surface area contributed by atoms with Gasteiger partial charge in [-0.2, -0.15) is 5.26 Å². The Kier molecular flexibility index (Phi) is 7.57. The number of nitrogens with one attached hydrogen (secondary N) is 2. The van der Waals surface area contributed by atoms with Crippen molar-refractivity contribution in [1.82, 2.24) is 5.32 Å². The molecule has 0 fully saturated rings. The van der Waals surface area contributed by atoms with E-state index in [2.05, 4.69) is 68.7 Å². The first-order valence-electron chi connectivity index (χ1n) is 9.49. The standard InChI is InChI=1S/C23H29N3O/c1-16(2)19-7-9-20(10-8-19)23(17(3)4)25-15-22(27)26-21-11-5-18(6-12-21)13-14-24/h5-12,16-17,23,25H,13,15H2,1-4H3,(H,26,27)/t23-/m1/s1. The van der Waals surface area contributed by atoms with Crippen molar-refractivity contribution in [3.63, 3.8) is 0 Å². The van der Waals surface area contributed by atoms with Crippen LogP contribution in [-0.2, 0) is 11.2 Å². The topological polar surface area (TPSA) is 64.9 Å². The smallest absolute Gasteiger partial charge is 0.238 e. The number of hydrogen-bond donors (Lipinski definition) is 2. The zero-order valence-corrected chi connectivity index (χ0v) is 16.6. The molecule has 2 rings (SSSR count). The predicted octanol–water partition coefficient (Wildman–Crippen LogP) is 4.80. The highest BCUT2D eigenvalue weighted by molar-refractivity contribution is 5.92. The highest BCUT2D eigenvalue weighted by Crippen LogP contribution is 2.24. The van der Waals surface area contributed by atoms with Crippen molar-refractivity contribution in [2.24, 2.45) is 5.92 Å². The van der Waals surface area contributed by atoms with Crippen molar-refractivity contribution in [3.8, 4) is 6.07 Å². The maximum Gasteiger partial charge on any atom is 0.238 e. The van der Waals surface area contributed by atoms with Crippen molar-refractivity contribution in [1.29, 1.82) is 5.26 Å². The van der Waals surface area contributed by atoms with Gasteiger partial charge >= 0.3 is 0 Å². The Morgan fingerprint density at radius 1 is 0.963 bits per heavy atom. The lowest BCUT2D eigenvalue weighted by atomic mass is 9.93. The summed E-state index contributed by atoms with van der Waals surface area (Å²) in [6.07, 6.45) is 0.376. The number of carbonyl (C=O) groups excluding carboxylic acids is 1. The van der Waals surface area contributed by atoms with E-state index < -0.39 is 0 Å². The number of rotatable bonds is 8. The number of hydrogen-bond acceptors (Lipinski definition) is 3. The van der Waals surface area contributed by atoms with E-state index in [1.54, 1.807) is 0 Å². The predicted molar refractivity (Wildman–Crippen MR) is 111 cm³/mol. The van der Waals surface area contributed by atoms with E-state index in [-0.39, 0.29) is 18.5 Å². The maximum atomic E-state index is 12.3. The Labute approximate surface area is 162 Å². The summed E-state index contributed by atoms with van der Waals surface area (Å²) in [6.45, 7) is 8.92. The van der Waals surface area contributed by atoms with Gasteiger partial charge in [0.05, 0.1) is 19.0 Å². The molecule has 2 aromatic rings. The lowest BCUT2D eigenvalue weighted by Crippen LogP contribution is -2.33. The Hall–Kier alpha value is -2.64.